The fraction of sp³-hybridized carbons (Fsp3) is 0.682. The molecule has 1 aromatic rings. The first-order valence-corrected chi connectivity index (χ1v) is 10.5. The third-order valence-corrected chi connectivity index (χ3v) is 5.52. The van der Waals surface area contributed by atoms with E-state index in [9.17, 15) is 0 Å². The van der Waals surface area contributed by atoms with E-state index in [4.69, 9.17) is 14.1 Å². The summed E-state index contributed by atoms with van der Waals surface area (Å²) in [7, 11) is 0. The van der Waals surface area contributed by atoms with Crippen LogP contribution < -0.4 is 5.32 Å². The van der Waals surface area contributed by atoms with E-state index < -0.39 is 0 Å². The van der Waals surface area contributed by atoms with Crippen LogP contribution in [0.2, 0.25) is 0 Å². The molecule has 3 rings (SSSR count). The predicted octanol–water partition coefficient (Wildman–Crippen LogP) is 4.63. The van der Waals surface area contributed by atoms with Crippen molar-refractivity contribution in [2.45, 2.75) is 58.0 Å². The number of guanidine groups is 1. The number of hydrogen-bond donors (Lipinski definition) is 1. The van der Waals surface area contributed by atoms with Crippen LogP contribution in [0.5, 0.6) is 0 Å². The zero-order valence-electron chi connectivity index (χ0n) is 17.2. The normalized spacial score (nSPS) is 18.9. The molecule has 0 radical (unpaired) electrons. The molecule has 0 bridgehead atoms. The van der Waals surface area contributed by atoms with Gasteiger partial charge in [0.25, 0.3) is 0 Å². The minimum absolute atomic E-state index is 0. The Hall–Kier alpha value is -1.02. The van der Waals surface area contributed by atoms with E-state index in [1.807, 2.05) is 19.1 Å². The number of furan rings is 1. The number of hydrogen-bond acceptors (Lipinski definition) is 3. The Bertz CT molecular complexity index is 589. The van der Waals surface area contributed by atoms with Crippen molar-refractivity contribution in [3.8, 4) is 0 Å². The highest BCUT2D eigenvalue weighted by atomic mass is 127. The lowest BCUT2D eigenvalue weighted by Crippen LogP contribution is -2.47. The van der Waals surface area contributed by atoms with Gasteiger partial charge in [-0.2, -0.15) is 0 Å². The highest BCUT2D eigenvalue weighted by molar-refractivity contribution is 14.0. The van der Waals surface area contributed by atoms with Gasteiger partial charge in [0.15, 0.2) is 5.96 Å². The highest BCUT2D eigenvalue weighted by Crippen LogP contribution is 2.26. The zero-order chi connectivity index (χ0) is 18.9. The first kappa shape index (κ1) is 23.3. The van der Waals surface area contributed by atoms with Crippen LogP contribution in [0.15, 0.2) is 40.0 Å². The molecule has 1 N–H and O–H groups in total. The summed E-state index contributed by atoms with van der Waals surface area (Å²) < 4.78 is 11.6. The third-order valence-electron chi connectivity index (χ3n) is 5.52. The summed E-state index contributed by atoms with van der Waals surface area (Å²) in [5.41, 5.74) is 1.08. The molecule has 2 fully saturated rings. The van der Waals surface area contributed by atoms with Gasteiger partial charge in [-0.25, -0.2) is 4.99 Å². The van der Waals surface area contributed by atoms with Gasteiger partial charge >= 0.3 is 0 Å². The summed E-state index contributed by atoms with van der Waals surface area (Å²) in [6.07, 6.45) is 10.6. The summed E-state index contributed by atoms with van der Waals surface area (Å²) in [5, 5.41) is 3.51. The Kier molecular flexibility index (Phi) is 10.4. The summed E-state index contributed by atoms with van der Waals surface area (Å²) >= 11 is 0. The van der Waals surface area contributed by atoms with Crippen molar-refractivity contribution in [3.05, 3.63) is 36.3 Å². The number of likely N-dealkylation sites (tertiary alicyclic amines) is 1. The fourth-order valence-electron chi connectivity index (χ4n) is 3.91. The van der Waals surface area contributed by atoms with E-state index in [1.165, 1.54) is 25.7 Å². The zero-order valence-corrected chi connectivity index (χ0v) is 19.5. The maximum atomic E-state index is 6.21. The van der Waals surface area contributed by atoms with Crippen molar-refractivity contribution in [2.75, 3.05) is 32.8 Å². The molecule has 1 aliphatic heterocycles. The van der Waals surface area contributed by atoms with Gasteiger partial charge in [-0.1, -0.05) is 25.0 Å². The molecule has 5 nitrogen and oxygen atoms in total. The molecule has 2 heterocycles. The van der Waals surface area contributed by atoms with Gasteiger partial charge in [0.1, 0.15) is 5.76 Å². The summed E-state index contributed by atoms with van der Waals surface area (Å²) in [6, 6.07) is 3.95. The van der Waals surface area contributed by atoms with Crippen molar-refractivity contribution in [2.24, 2.45) is 10.9 Å². The molecule has 2 aliphatic rings. The van der Waals surface area contributed by atoms with E-state index in [1.54, 1.807) is 6.26 Å². The maximum Gasteiger partial charge on any atom is 0.194 e. The number of halogens is 1. The SMILES string of the molecule is C=C(C)CN=C(NCCc1ccco1)N1CCC(OCC2CCCC2)CC1.I. The van der Waals surface area contributed by atoms with Crippen molar-refractivity contribution < 1.29 is 9.15 Å². The molecule has 0 unspecified atom stereocenters. The second kappa shape index (κ2) is 12.5. The topological polar surface area (TPSA) is 50.0 Å². The quantitative estimate of drug-likeness (QED) is 0.244. The van der Waals surface area contributed by atoms with Crippen LogP contribution in [0.1, 0.15) is 51.2 Å². The first-order valence-electron chi connectivity index (χ1n) is 10.5. The predicted molar refractivity (Wildman–Crippen MR) is 125 cm³/mol. The van der Waals surface area contributed by atoms with Gasteiger partial charge < -0.3 is 19.4 Å². The number of nitrogens with zero attached hydrogens (tertiary/aromatic N) is 2. The van der Waals surface area contributed by atoms with Crippen LogP contribution in [-0.2, 0) is 11.2 Å². The van der Waals surface area contributed by atoms with Crippen LogP contribution >= 0.6 is 24.0 Å². The monoisotopic (exact) mass is 501 g/mol. The van der Waals surface area contributed by atoms with Gasteiger partial charge in [-0.3, -0.25) is 0 Å². The largest absolute Gasteiger partial charge is 0.469 e. The van der Waals surface area contributed by atoms with Gasteiger partial charge in [-0.05, 0) is 50.7 Å². The molecule has 1 saturated heterocycles. The smallest absolute Gasteiger partial charge is 0.194 e. The number of nitrogens with one attached hydrogen (secondary N) is 1. The lowest BCUT2D eigenvalue weighted by Gasteiger charge is -2.34. The molecule has 0 spiro atoms. The molecule has 158 valence electrons. The maximum absolute atomic E-state index is 6.21. The molecule has 0 atom stereocenters. The molecule has 1 aromatic heterocycles. The van der Waals surface area contributed by atoms with Crippen LogP contribution in [0, 0.1) is 5.92 Å². The molecule has 1 saturated carbocycles. The van der Waals surface area contributed by atoms with Crippen molar-refractivity contribution >= 4 is 29.9 Å². The van der Waals surface area contributed by atoms with Crippen LogP contribution in [-0.4, -0.2) is 49.7 Å². The number of aliphatic imine (C=N–C) groups is 1. The van der Waals surface area contributed by atoms with Crippen LogP contribution in [0.3, 0.4) is 0 Å². The summed E-state index contributed by atoms with van der Waals surface area (Å²) in [5.74, 6) is 2.79. The minimum atomic E-state index is 0. The molecule has 6 heteroatoms. The van der Waals surface area contributed by atoms with E-state index in [2.05, 4.69) is 16.8 Å². The minimum Gasteiger partial charge on any atom is -0.469 e. The summed E-state index contributed by atoms with van der Waals surface area (Å²) in [6.45, 7) is 10.4. The molecule has 1 aliphatic carbocycles. The van der Waals surface area contributed by atoms with E-state index in [-0.39, 0.29) is 24.0 Å². The van der Waals surface area contributed by atoms with Crippen LogP contribution in [0.4, 0.5) is 0 Å². The molecule has 28 heavy (non-hydrogen) atoms. The number of ether oxygens (including phenoxy) is 1. The third kappa shape index (κ3) is 7.78. The molecular weight excluding hydrogens is 465 g/mol. The standard InChI is InChI=1S/C22H35N3O2.HI/c1-18(2)16-24-22(23-12-9-20-8-5-15-26-20)25-13-10-21(11-14-25)27-17-19-6-3-4-7-19;/h5,8,15,19,21H,1,3-4,6-7,9-14,16-17H2,2H3,(H,23,24);1H. The second-order valence-electron chi connectivity index (χ2n) is 8.02. The Labute approximate surface area is 187 Å². The Balaban J connectivity index is 0.00000280. The Morgan fingerprint density at radius 2 is 2.04 bits per heavy atom. The Morgan fingerprint density at radius 3 is 2.68 bits per heavy atom. The van der Waals surface area contributed by atoms with Gasteiger partial charge in [-0.15, -0.1) is 24.0 Å². The number of piperidine rings is 1. The van der Waals surface area contributed by atoms with Gasteiger partial charge in [0, 0.05) is 32.7 Å². The van der Waals surface area contributed by atoms with E-state index in [0.717, 1.165) is 68.7 Å². The number of rotatable bonds is 8. The van der Waals surface area contributed by atoms with Crippen molar-refractivity contribution in [3.63, 3.8) is 0 Å². The lowest BCUT2D eigenvalue weighted by molar-refractivity contribution is 0.00101. The second-order valence-corrected chi connectivity index (χ2v) is 8.02. The van der Waals surface area contributed by atoms with E-state index in [0.29, 0.717) is 12.6 Å². The Morgan fingerprint density at radius 1 is 1.29 bits per heavy atom. The molecule has 0 amide bonds. The van der Waals surface area contributed by atoms with Crippen molar-refractivity contribution in [1.82, 2.24) is 10.2 Å². The van der Waals surface area contributed by atoms with Crippen molar-refractivity contribution in [1.29, 1.82) is 0 Å². The van der Waals surface area contributed by atoms with E-state index >= 15 is 0 Å². The first-order chi connectivity index (χ1) is 13.2. The summed E-state index contributed by atoms with van der Waals surface area (Å²) in [4.78, 5) is 7.12. The highest BCUT2D eigenvalue weighted by Gasteiger charge is 2.24. The molecule has 0 aromatic carbocycles. The fourth-order valence-corrected chi connectivity index (χ4v) is 3.91. The molecular formula is C22H36IN3O2. The average molecular weight is 501 g/mol. The van der Waals surface area contributed by atoms with Crippen LogP contribution in [0.25, 0.3) is 0 Å². The lowest BCUT2D eigenvalue weighted by atomic mass is 10.1. The van der Waals surface area contributed by atoms with Gasteiger partial charge in [0.05, 0.1) is 18.9 Å². The average Bonchev–Trinajstić information content (AvgIpc) is 3.37. The van der Waals surface area contributed by atoms with Gasteiger partial charge in [0.2, 0.25) is 0 Å².